The number of hydrogen-bond donors (Lipinski definition) is 1. The largest absolute Gasteiger partial charge is 0.488 e. The van der Waals surface area contributed by atoms with Gasteiger partial charge in [-0.25, -0.2) is 4.79 Å². The van der Waals surface area contributed by atoms with Crippen LogP contribution in [0.25, 0.3) is 0 Å². The zero-order chi connectivity index (χ0) is 11.4. The molecule has 0 atom stereocenters. The van der Waals surface area contributed by atoms with Crippen molar-refractivity contribution in [2.75, 3.05) is 0 Å². The fourth-order valence-corrected chi connectivity index (χ4v) is 1.67. The smallest absolute Gasteiger partial charge is 0.335 e. The van der Waals surface area contributed by atoms with Crippen LogP contribution in [0.2, 0.25) is 0 Å². The van der Waals surface area contributed by atoms with Crippen molar-refractivity contribution >= 4 is 17.3 Å². The van der Waals surface area contributed by atoms with Gasteiger partial charge >= 0.3 is 5.97 Å². The van der Waals surface area contributed by atoms with Gasteiger partial charge in [0.2, 0.25) is 0 Å². The second-order valence-corrected chi connectivity index (χ2v) is 4.06. The van der Waals surface area contributed by atoms with Crippen molar-refractivity contribution in [1.29, 1.82) is 0 Å². The molecule has 0 aliphatic heterocycles. The number of nitrogens with zero attached hydrogens (tertiary/aromatic N) is 1. The van der Waals surface area contributed by atoms with Gasteiger partial charge in [0.1, 0.15) is 12.4 Å². The van der Waals surface area contributed by atoms with E-state index in [0.717, 1.165) is 4.88 Å². The molecular weight excluding hydrogens is 226 g/mol. The summed E-state index contributed by atoms with van der Waals surface area (Å²) in [4.78, 5) is 15.6. The highest BCUT2D eigenvalue weighted by molar-refractivity contribution is 7.09. The van der Waals surface area contributed by atoms with Gasteiger partial charge in [-0.05, 0) is 24.3 Å². The minimum absolute atomic E-state index is 0.255. The molecule has 0 unspecified atom stereocenters. The van der Waals surface area contributed by atoms with E-state index in [-0.39, 0.29) is 5.56 Å². The lowest BCUT2D eigenvalue weighted by molar-refractivity contribution is 0.0697. The summed E-state index contributed by atoms with van der Waals surface area (Å²) >= 11 is 1.52. The van der Waals surface area contributed by atoms with Gasteiger partial charge in [-0.3, -0.25) is 4.98 Å². The molecule has 5 heteroatoms. The first-order valence-corrected chi connectivity index (χ1v) is 5.47. The second kappa shape index (κ2) is 4.76. The zero-order valence-electron chi connectivity index (χ0n) is 8.29. The van der Waals surface area contributed by atoms with Gasteiger partial charge in [-0.2, -0.15) is 0 Å². The van der Waals surface area contributed by atoms with Crippen molar-refractivity contribution < 1.29 is 14.6 Å². The quantitative estimate of drug-likeness (QED) is 0.884. The maximum atomic E-state index is 10.6. The monoisotopic (exact) mass is 235 g/mol. The Bertz CT molecular complexity index is 464. The summed E-state index contributed by atoms with van der Waals surface area (Å²) < 4.78 is 5.46. The molecule has 1 aromatic heterocycles. The van der Waals surface area contributed by atoms with Gasteiger partial charge in [-0.15, -0.1) is 11.3 Å². The molecule has 0 radical (unpaired) electrons. The maximum absolute atomic E-state index is 10.6. The number of hydrogen-bond acceptors (Lipinski definition) is 4. The van der Waals surface area contributed by atoms with Crippen LogP contribution in [0.5, 0.6) is 5.75 Å². The average molecular weight is 235 g/mol. The third-order valence-electron chi connectivity index (χ3n) is 1.97. The molecule has 2 aromatic rings. The van der Waals surface area contributed by atoms with E-state index in [9.17, 15) is 4.79 Å². The Kier molecular flexibility index (Phi) is 3.16. The Labute approximate surface area is 96.1 Å². The molecule has 2 rings (SSSR count). The standard InChI is InChI=1S/C11H9NO3S/c13-11(14)8-1-3-9(4-2-8)15-6-10-5-12-7-16-10/h1-5,7H,6H2,(H,13,14). The molecule has 1 heterocycles. The van der Waals surface area contributed by atoms with E-state index in [1.54, 1.807) is 23.8 Å². The summed E-state index contributed by atoms with van der Waals surface area (Å²) in [5.41, 5.74) is 2.00. The van der Waals surface area contributed by atoms with Crippen LogP contribution in [0, 0.1) is 0 Å². The Balaban J connectivity index is 1.98. The maximum Gasteiger partial charge on any atom is 0.335 e. The number of carbonyl (C=O) groups is 1. The van der Waals surface area contributed by atoms with E-state index < -0.39 is 5.97 Å². The SMILES string of the molecule is O=C(O)c1ccc(OCc2cncs2)cc1. The summed E-state index contributed by atoms with van der Waals surface area (Å²) in [5.74, 6) is -0.285. The van der Waals surface area contributed by atoms with Crippen molar-refractivity contribution in [1.82, 2.24) is 4.98 Å². The lowest BCUT2D eigenvalue weighted by Crippen LogP contribution is -1.97. The van der Waals surface area contributed by atoms with Gasteiger partial charge in [0.25, 0.3) is 0 Å². The van der Waals surface area contributed by atoms with Crippen molar-refractivity contribution in [3.05, 3.63) is 46.4 Å². The highest BCUT2D eigenvalue weighted by atomic mass is 32.1. The van der Waals surface area contributed by atoms with Gasteiger partial charge in [-0.1, -0.05) is 0 Å². The minimum atomic E-state index is -0.936. The van der Waals surface area contributed by atoms with Crippen LogP contribution < -0.4 is 4.74 Å². The van der Waals surface area contributed by atoms with Gasteiger partial charge in [0.05, 0.1) is 16.0 Å². The first-order chi connectivity index (χ1) is 7.75. The first kappa shape index (κ1) is 10.6. The Morgan fingerprint density at radius 1 is 1.38 bits per heavy atom. The molecule has 0 bridgehead atoms. The third kappa shape index (κ3) is 2.58. The van der Waals surface area contributed by atoms with Crippen LogP contribution in [0.3, 0.4) is 0 Å². The molecule has 0 aliphatic rings. The fraction of sp³-hybridized carbons (Fsp3) is 0.0909. The molecule has 0 amide bonds. The van der Waals surface area contributed by atoms with E-state index in [1.807, 2.05) is 0 Å². The summed E-state index contributed by atoms with van der Waals surface area (Å²) in [6.45, 7) is 0.455. The van der Waals surface area contributed by atoms with E-state index in [1.165, 1.54) is 23.5 Å². The normalized spacial score (nSPS) is 10.0. The average Bonchev–Trinajstić information content (AvgIpc) is 2.80. The Hall–Kier alpha value is -1.88. The van der Waals surface area contributed by atoms with Crippen LogP contribution in [0.15, 0.2) is 36.0 Å². The lowest BCUT2D eigenvalue weighted by atomic mass is 10.2. The molecule has 0 spiro atoms. The summed E-state index contributed by atoms with van der Waals surface area (Å²) in [6, 6.07) is 6.32. The van der Waals surface area contributed by atoms with Crippen molar-refractivity contribution in [3.8, 4) is 5.75 Å². The number of rotatable bonds is 4. The number of benzene rings is 1. The first-order valence-electron chi connectivity index (χ1n) is 4.59. The molecule has 1 N–H and O–H groups in total. The highest BCUT2D eigenvalue weighted by Crippen LogP contribution is 2.15. The number of aromatic nitrogens is 1. The Morgan fingerprint density at radius 3 is 2.69 bits per heavy atom. The van der Waals surface area contributed by atoms with Crippen LogP contribution in [0.1, 0.15) is 15.2 Å². The highest BCUT2D eigenvalue weighted by Gasteiger charge is 2.02. The van der Waals surface area contributed by atoms with Crippen LogP contribution >= 0.6 is 11.3 Å². The number of carboxylic acid groups (broad SMARTS) is 1. The van der Waals surface area contributed by atoms with Crippen LogP contribution in [0.4, 0.5) is 0 Å². The lowest BCUT2D eigenvalue weighted by Gasteiger charge is -2.04. The predicted octanol–water partition coefficient (Wildman–Crippen LogP) is 2.42. The number of carboxylic acids is 1. The molecule has 16 heavy (non-hydrogen) atoms. The molecule has 4 nitrogen and oxygen atoms in total. The van der Waals surface area contributed by atoms with E-state index >= 15 is 0 Å². The predicted molar refractivity (Wildman–Crippen MR) is 59.8 cm³/mol. The van der Waals surface area contributed by atoms with Crippen molar-refractivity contribution in [2.24, 2.45) is 0 Å². The molecule has 0 saturated carbocycles. The van der Waals surface area contributed by atoms with E-state index in [0.29, 0.717) is 12.4 Å². The third-order valence-corrected chi connectivity index (χ3v) is 2.72. The fourth-order valence-electron chi connectivity index (χ4n) is 1.16. The van der Waals surface area contributed by atoms with Gasteiger partial charge < -0.3 is 9.84 Å². The molecule has 82 valence electrons. The summed E-state index contributed by atoms with van der Waals surface area (Å²) in [7, 11) is 0. The molecule has 0 aliphatic carbocycles. The van der Waals surface area contributed by atoms with E-state index in [2.05, 4.69) is 4.98 Å². The molecule has 1 aromatic carbocycles. The van der Waals surface area contributed by atoms with Gasteiger partial charge in [0, 0.05) is 6.20 Å². The summed E-state index contributed by atoms with van der Waals surface area (Å²) in [6.07, 6.45) is 1.75. The summed E-state index contributed by atoms with van der Waals surface area (Å²) in [5, 5.41) is 8.71. The van der Waals surface area contributed by atoms with E-state index in [4.69, 9.17) is 9.84 Å². The topological polar surface area (TPSA) is 59.4 Å². The zero-order valence-corrected chi connectivity index (χ0v) is 9.11. The Morgan fingerprint density at radius 2 is 2.12 bits per heavy atom. The minimum Gasteiger partial charge on any atom is -0.488 e. The second-order valence-electron chi connectivity index (χ2n) is 3.09. The van der Waals surface area contributed by atoms with Crippen LogP contribution in [-0.2, 0) is 6.61 Å². The number of ether oxygens (including phenoxy) is 1. The molecule has 0 fully saturated rings. The van der Waals surface area contributed by atoms with Crippen LogP contribution in [-0.4, -0.2) is 16.1 Å². The van der Waals surface area contributed by atoms with Crippen molar-refractivity contribution in [3.63, 3.8) is 0 Å². The number of thiazole rings is 1. The molecule has 0 saturated heterocycles. The number of aromatic carboxylic acids is 1. The van der Waals surface area contributed by atoms with Gasteiger partial charge in [0.15, 0.2) is 0 Å². The molecular formula is C11H9NO3S. The van der Waals surface area contributed by atoms with Crippen molar-refractivity contribution in [2.45, 2.75) is 6.61 Å².